The van der Waals surface area contributed by atoms with E-state index in [-0.39, 0.29) is 17.9 Å². The molecular formula is C15H24N4O2. The van der Waals surface area contributed by atoms with Gasteiger partial charge >= 0.3 is 0 Å². The van der Waals surface area contributed by atoms with E-state index in [0.717, 1.165) is 38.4 Å². The molecule has 0 aromatic carbocycles. The number of aromatic nitrogens is 2. The lowest BCUT2D eigenvalue weighted by Crippen LogP contribution is -2.52. The summed E-state index contributed by atoms with van der Waals surface area (Å²) >= 11 is 0. The minimum absolute atomic E-state index is 0.0557. The maximum absolute atomic E-state index is 12.6. The summed E-state index contributed by atoms with van der Waals surface area (Å²) in [7, 11) is 2.02. The first kappa shape index (κ1) is 14.5. The summed E-state index contributed by atoms with van der Waals surface area (Å²) in [5, 5.41) is 0. The number of nitrogens with zero attached hydrogens (tertiary/aromatic N) is 4. The van der Waals surface area contributed by atoms with Gasteiger partial charge in [-0.05, 0) is 13.0 Å². The molecule has 0 N–H and O–H groups in total. The highest BCUT2D eigenvalue weighted by molar-refractivity contribution is 5.79. The number of hydrogen-bond donors (Lipinski definition) is 0. The van der Waals surface area contributed by atoms with E-state index in [1.165, 1.54) is 0 Å². The molecule has 2 saturated heterocycles. The molecule has 2 aliphatic heterocycles. The lowest BCUT2D eigenvalue weighted by atomic mass is 10.0. The van der Waals surface area contributed by atoms with Gasteiger partial charge < -0.3 is 14.2 Å². The summed E-state index contributed by atoms with van der Waals surface area (Å²) in [5.41, 5.74) is 0. The highest BCUT2D eigenvalue weighted by Gasteiger charge is 2.35. The van der Waals surface area contributed by atoms with Gasteiger partial charge in [-0.25, -0.2) is 4.98 Å². The zero-order valence-electron chi connectivity index (χ0n) is 12.9. The molecule has 0 spiro atoms. The third-order valence-corrected chi connectivity index (χ3v) is 4.64. The van der Waals surface area contributed by atoms with Crippen LogP contribution in [0.1, 0.15) is 25.2 Å². The molecule has 6 heteroatoms. The molecule has 0 bridgehead atoms. The van der Waals surface area contributed by atoms with E-state index < -0.39 is 0 Å². The van der Waals surface area contributed by atoms with Gasteiger partial charge in [-0.2, -0.15) is 0 Å². The second-order valence-corrected chi connectivity index (χ2v) is 5.89. The van der Waals surface area contributed by atoms with Crippen molar-refractivity contribution in [1.82, 2.24) is 19.4 Å². The Morgan fingerprint density at radius 3 is 2.95 bits per heavy atom. The fourth-order valence-corrected chi connectivity index (χ4v) is 3.33. The van der Waals surface area contributed by atoms with Crippen molar-refractivity contribution in [2.45, 2.75) is 19.4 Å². The molecule has 1 amide bonds. The number of aryl methyl sites for hydroxylation is 1. The summed E-state index contributed by atoms with van der Waals surface area (Å²) in [6.45, 7) is 6.89. The van der Waals surface area contributed by atoms with E-state index in [9.17, 15) is 4.79 Å². The molecule has 0 aliphatic carbocycles. The molecule has 0 radical (unpaired) electrons. The highest BCUT2D eigenvalue weighted by atomic mass is 16.5. The average molecular weight is 292 g/mol. The van der Waals surface area contributed by atoms with Crippen LogP contribution in [0, 0.1) is 5.92 Å². The Kier molecular flexibility index (Phi) is 4.26. The van der Waals surface area contributed by atoms with Crippen molar-refractivity contribution in [2.75, 3.05) is 39.4 Å². The number of carbonyl (C=O) groups excluding carboxylic acids is 1. The Morgan fingerprint density at radius 2 is 2.33 bits per heavy atom. The minimum Gasteiger partial charge on any atom is -0.381 e. The van der Waals surface area contributed by atoms with Crippen LogP contribution >= 0.6 is 0 Å². The predicted molar refractivity (Wildman–Crippen MR) is 78.7 cm³/mol. The lowest BCUT2D eigenvalue weighted by molar-refractivity contribution is -0.138. The van der Waals surface area contributed by atoms with Crippen LogP contribution in [0.4, 0.5) is 0 Å². The zero-order valence-corrected chi connectivity index (χ0v) is 12.9. The van der Waals surface area contributed by atoms with Crippen LogP contribution in [0.25, 0.3) is 0 Å². The van der Waals surface area contributed by atoms with Crippen LogP contribution in [0.3, 0.4) is 0 Å². The van der Waals surface area contributed by atoms with E-state index in [2.05, 4.69) is 21.4 Å². The first-order chi connectivity index (χ1) is 10.2. The van der Waals surface area contributed by atoms with Crippen molar-refractivity contribution < 1.29 is 9.53 Å². The van der Waals surface area contributed by atoms with E-state index in [4.69, 9.17) is 4.74 Å². The Morgan fingerprint density at radius 1 is 1.48 bits per heavy atom. The Labute approximate surface area is 125 Å². The van der Waals surface area contributed by atoms with Crippen LogP contribution in [0.15, 0.2) is 12.4 Å². The molecule has 2 fully saturated rings. The van der Waals surface area contributed by atoms with Crippen molar-refractivity contribution in [2.24, 2.45) is 13.0 Å². The third-order valence-electron chi connectivity index (χ3n) is 4.64. The summed E-state index contributed by atoms with van der Waals surface area (Å²) in [5.74, 6) is 1.35. The van der Waals surface area contributed by atoms with Crippen LogP contribution in [-0.4, -0.2) is 64.7 Å². The van der Waals surface area contributed by atoms with Crippen LogP contribution in [-0.2, 0) is 16.6 Å². The van der Waals surface area contributed by atoms with E-state index in [1.807, 2.05) is 24.3 Å². The predicted octanol–water partition coefficient (Wildman–Crippen LogP) is 0.662. The maximum Gasteiger partial charge on any atom is 0.228 e. The SMILES string of the molecule is CCN1CCN(C(=O)C2CCOC2)CC1c1nccn1C. The van der Waals surface area contributed by atoms with Gasteiger partial charge in [0.2, 0.25) is 5.91 Å². The topological polar surface area (TPSA) is 50.6 Å². The number of amides is 1. The molecule has 2 atom stereocenters. The molecule has 3 rings (SSSR count). The van der Waals surface area contributed by atoms with Crippen molar-refractivity contribution in [3.63, 3.8) is 0 Å². The first-order valence-corrected chi connectivity index (χ1v) is 7.78. The third kappa shape index (κ3) is 2.82. The molecule has 6 nitrogen and oxygen atoms in total. The van der Waals surface area contributed by atoms with Crippen molar-refractivity contribution >= 4 is 5.91 Å². The quantitative estimate of drug-likeness (QED) is 0.821. The zero-order chi connectivity index (χ0) is 14.8. The van der Waals surface area contributed by atoms with Crippen LogP contribution in [0.2, 0.25) is 0 Å². The molecule has 1 aromatic heterocycles. The fraction of sp³-hybridized carbons (Fsp3) is 0.733. The Hall–Kier alpha value is -1.40. The normalized spacial score (nSPS) is 27.2. The highest BCUT2D eigenvalue weighted by Crippen LogP contribution is 2.26. The molecule has 3 heterocycles. The minimum atomic E-state index is 0.0557. The largest absolute Gasteiger partial charge is 0.381 e. The first-order valence-electron chi connectivity index (χ1n) is 7.78. The second kappa shape index (κ2) is 6.15. The molecule has 2 unspecified atom stereocenters. The smallest absolute Gasteiger partial charge is 0.228 e. The van der Waals surface area contributed by atoms with Crippen LogP contribution in [0.5, 0.6) is 0 Å². The van der Waals surface area contributed by atoms with Crippen molar-refractivity contribution in [3.8, 4) is 0 Å². The van der Waals surface area contributed by atoms with Crippen molar-refractivity contribution in [3.05, 3.63) is 18.2 Å². The number of likely N-dealkylation sites (N-methyl/N-ethyl adjacent to an activating group) is 1. The summed E-state index contributed by atoms with van der Waals surface area (Å²) in [6, 6.07) is 0.190. The van der Waals surface area contributed by atoms with Gasteiger partial charge in [0.15, 0.2) is 0 Å². The van der Waals surface area contributed by atoms with Gasteiger partial charge in [0, 0.05) is 45.7 Å². The average Bonchev–Trinajstić information content (AvgIpc) is 3.17. The number of imidazole rings is 1. The number of carbonyl (C=O) groups is 1. The lowest BCUT2D eigenvalue weighted by Gasteiger charge is -2.41. The number of hydrogen-bond acceptors (Lipinski definition) is 4. The molecule has 1 aromatic rings. The van der Waals surface area contributed by atoms with E-state index in [1.54, 1.807) is 0 Å². The summed E-state index contributed by atoms with van der Waals surface area (Å²) in [6.07, 6.45) is 4.66. The van der Waals surface area contributed by atoms with Crippen LogP contribution < -0.4 is 0 Å². The van der Waals surface area contributed by atoms with Gasteiger partial charge in [0.1, 0.15) is 5.82 Å². The van der Waals surface area contributed by atoms with Gasteiger partial charge in [0.25, 0.3) is 0 Å². The Bertz CT molecular complexity index is 496. The van der Waals surface area contributed by atoms with Gasteiger partial charge in [-0.3, -0.25) is 9.69 Å². The number of ether oxygens (including phenoxy) is 1. The molecule has 2 aliphatic rings. The maximum atomic E-state index is 12.6. The summed E-state index contributed by atoms with van der Waals surface area (Å²) in [4.78, 5) is 21.5. The molecule has 116 valence electrons. The number of rotatable bonds is 3. The molecular weight excluding hydrogens is 268 g/mol. The molecule has 0 saturated carbocycles. The Balaban J connectivity index is 1.75. The monoisotopic (exact) mass is 292 g/mol. The van der Waals surface area contributed by atoms with E-state index in [0.29, 0.717) is 13.2 Å². The van der Waals surface area contributed by atoms with Gasteiger partial charge in [0.05, 0.1) is 18.6 Å². The van der Waals surface area contributed by atoms with Gasteiger partial charge in [-0.1, -0.05) is 6.92 Å². The fourth-order valence-electron chi connectivity index (χ4n) is 3.33. The molecule has 21 heavy (non-hydrogen) atoms. The van der Waals surface area contributed by atoms with Gasteiger partial charge in [-0.15, -0.1) is 0 Å². The summed E-state index contributed by atoms with van der Waals surface area (Å²) < 4.78 is 7.41. The standard InChI is InChI=1S/C15H24N4O2/c1-3-18-7-8-19(15(20)12-4-9-21-11-12)10-13(18)14-16-5-6-17(14)2/h5-6,12-13H,3-4,7-11H2,1-2H3. The van der Waals surface area contributed by atoms with Crippen molar-refractivity contribution in [1.29, 1.82) is 0 Å². The van der Waals surface area contributed by atoms with E-state index >= 15 is 0 Å². The second-order valence-electron chi connectivity index (χ2n) is 5.89. The number of piperazine rings is 1.